The second-order valence-corrected chi connectivity index (χ2v) is 18.7. The summed E-state index contributed by atoms with van der Waals surface area (Å²) in [7, 11) is -1.72. The minimum absolute atomic E-state index is 0.206. The van der Waals surface area contributed by atoms with Crippen LogP contribution in [0, 0.1) is 5.92 Å². The number of nitrogens with zero attached hydrogens (tertiary/aromatic N) is 2. The SMILES string of the molecule is CCC[C@@H](NC(=O)C1(C)CSC(/C(C)=N/OCCCCO[Si](C)(C)C(C)(C)C)=N1)c1cc(OCC2CC2)cc(=O)o1. The van der Waals surface area contributed by atoms with E-state index in [1.165, 1.54) is 17.8 Å². The third kappa shape index (κ3) is 9.99. The molecule has 3 rings (SSSR count). The molecule has 2 atom stereocenters. The maximum absolute atomic E-state index is 13.4. The number of thioether (sulfide) groups is 1. The molecule has 2 aliphatic rings. The topological polar surface area (TPSA) is 112 Å². The highest BCUT2D eigenvalue weighted by atomic mass is 32.2. The van der Waals surface area contributed by atoms with E-state index in [0.717, 1.165) is 38.7 Å². The number of hydrogen-bond donors (Lipinski definition) is 1. The third-order valence-corrected chi connectivity index (χ3v) is 13.8. The van der Waals surface area contributed by atoms with Crippen molar-refractivity contribution in [2.24, 2.45) is 16.1 Å². The first-order valence-electron chi connectivity index (χ1n) is 14.9. The summed E-state index contributed by atoms with van der Waals surface area (Å²) in [5.74, 6) is 1.71. The summed E-state index contributed by atoms with van der Waals surface area (Å²) in [5.41, 5.74) is -0.799. The standard InChI is InChI=1S/C30H49N3O6SSi/c1-9-12-24(25-17-23(18-26(34)39-25)36-19-22-13-14-22)31-28(35)30(6)20-40-27(32-30)21(2)33-37-15-10-11-16-38-41(7,8)29(3,4)5/h17-18,22,24H,9-16,19-20H2,1-8H3,(H,31,35)/b33-21+/t24-,30?/m1/s1. The molecule has 1 aliphatic carbocycles. The van der Waals surface area contributed by atoms with Gasteiger partial charge in [-0.2, -0.15) is 0 Å². The molecule has 0 spiro atoms. The fraction of sp³-hybridized carbons (Fsp3) is 0.733. The molecule has 41 heavy (non-hydrogen) atoms. The van der Waals surface area contributed by atoms with Crippen LogP contribution in [0.4, 0.5) is 0 Å². The average Bonchev–Trinajstić information content (AvgIpc) is 3.64. The number of nitrogens with one attached hydrogen (secondary N) is 1. The van der Waals surface area contributed by atoms with Crippen LogP contribution in [-0.4, -0.2) is 56.1 Å². The molecule has 1 saturated carbocycles. The Bertz CT molecular complexity index is 1160. The van der Waals surface area contributed by atoms with Crippen LogP contribution in [0.3, 0.4) is 0 Å². The van der Waals surface area contributed by atoms with Crippen LogP contribution in [0.25, 0.3) is 0 Å². The van der Waals surface area contributed by atoms with Gasteiger partial charge in [-0.15, -0.1) is 11.8 Å². The normalized spacial score (nSPS) is 20.5. The fourth-order valence-corrected chi connectivity index (χ4v) is 6.12. The van der Waals surface area contributed by atoms with Crippen molar-refractivity contribution < 1.29 is 23.2 Å². The van der Waals surface area contributed by atoms with Gasteiger partial charge in [-0.3, -0.25) is 9.79 Å². The molecular formula is C30H49N3O6SSi. The predicted octanol–water partition coefficient (Wildman–Crippen LogP) is 6.48. The number of carbonyl (C=O) groups is 1. The predicted molar refractivity (Wildman–Crippen MR) is 169 cm³/mol. The highest BCUT2D eigenvalue weighted by Crippen LogP contribution is 2.36. The first kappa shape index (κ1) is 33.4. The average molecular weight is 608 g/mol. The van der Waals surface area contributed by atoms with Crippen molar-refractivity contribution in [3.05, 3.63) is 28.3 Å². The summed E-state index contributed by atoms with van der Waals surface area (Å²) in [6, 6.07) is 2.62. The second kappa shape index (κ2) is 14.4. The van der Waals surface area contributed by atoms with Gasteiger partial charge in [0.05, 0.1) is 18.7 Å². The summed E-state index contributed by atoms with van der Waals surface area (Å²) in [6.45, 7) is 18.8. The molecule has 1 amide bonds. The van der Waals surface area contributed by atoms with Gasteiger partial charge in [-0.25, -0.2) is 4.79 Å². The molecule has 0 aromatic carbocycles. The van der Waals surface area contributed by atoms with Gasteiger partial charge < -0.3 is 23.7 Å². The number of rotatable bonds is 16. The summed E-state index contributed by atoms with van der Waals surface area (Å²) in [5, 5.41) is 8.22. The Morgan fingerprint density at radius 3 is 2.63 bits per heavy atom. The van der Waals surface area contributed by atoms with Gasteiger partial charge >= 0.3 is 5.63 Å². The van der Waals surface area contributed by atoms with E-state index in [1.807, 2.05) is 20.8 Å². The number of carbonyl (C=O) groups excluding carboxylic acids is 1. The van der Waals surface area contributed by atoms with Crippen molar-refractivity contribution in [3.8, 4) is 5.75 Å². The zero-order valence-corrected chi connectivity index (χ0v) is 27.9. The molecule has 1 aromatic heterocycles. The molecule has 11 heteroatoms. The number of oxime groups is 1. The lowest BCUT2D eigenvalue weighted by molar-refractivity contribution is -0.125. The Balaban J connectivity index is 1.53. The first-order valence-corrected chi connectivity index (χ1v) is 18.8. The fourth-order valence-electron chi connectivity index (χ4n) is 3.91. The molecule has 0 radical (unpaired) electrons. The highest BCUT2D eigenvalue weighted by molar-refractivity contribution is 8.16. The van der Waals surface area contributed by atoms with E-state index < -0.39 is 25.5 Å². The lowest BCUT2D eigenvalue weighted by Gasteiger charge is -2.36. The Morgan fingerprint density at radius 1 is 1.27 bits per heavy atom. The van der Waals surface area contributed by atoms with E-state index in [2.05, 4.69) is 44.3 Å². The molecule has 2 heterocycles. The van der Waals surface area contributed by atoms with Crippen LogP contribution in [0.15, 0.2) is 31.5 Å². The molecule has 9 nitrogen and oxygen atoms in total. The number of aliphatic imine (C=N–C) groups is 1. The molecular weight excluding hydrogens is 558 g/mol. The molecule has 0 bridgehead atoms. The van der Waals surface area contributed by atoms with Gasteiger partial charge in [0, 0.05) is 18.4 Å². The number of unbranched alkanes of at least 4 members (excludes halogenated alkanes) is 1. The largest absolute Gasteiger partial charge is 0.493 e. The van der Waals surface area contributed by atoms with Crippen molar-refractivity contribution >= 4 is 36.7 Å². The van der Waals surface area contributed by atoms with Crippen LogP contribution in [0.1, 0.15) is 91.9 Å². The summed E-state index contributed by atoms with van der Waals surface area (Å²) < 4.78 is 17.5. The summed E-state index contributed by atoms with van der Waals surface area (Å²) >= 11 is 1.49. The van der Waals surface area contributed by atoms with Gasteiger partial charge in [0.1, 0.15) is 34.4 Å². The summed E-state index contributed by atoms with van der Waals surface area (Å²) in [4.78, 5) is 35.9. The molecule has 0 saturated heterocycles. The second-order valence-electron chi connectivity index (χ2n) is 12.9. The van der Waals surface area contributed by atoms with Crippen LogP contribution in [0.5, 0.6) is 5.75 Å². The van der Waals surface area contributed by atoms with Crippen molar-refractivity contribution in [1.82, 2.24) is 5.32 Å². The van der Waals surface area contributed by atoms with E-state index in [4.69, 9.17) is 23.4 Å². The van der Waals surface area contributed by atoms with E-state index in [0.29, 0.717) is 53.6 Å². The van der Waals surface area contributed by atoms with Crippen LogP contribution in [-0.2, 0) is 14.1 Å². The van der Waals surface area contributed by atoms with Crippen molar-refractivity contribution in [3.63, 3.8) is 0 Å². The molecule has 1 aromatic rings. The maximum atomic E-state index is 13.4. The maximum Gasteiger partial charge on any atom is 0.339 e. The van der Waals surface area contributed by atoms with E-state index >= 15 is 0 Å². The molecule has 1 aliphatic heterocycles. The van der Waals surface area contributed by atoms with Crippen LogP contribution in [0.2, 0.25) is 18.1 Å². The van der Waals surface area contributed by atoms with Gasteiger partial charge in [-0.1, -0.05) is 39.3 Å². The number of hydrogen-bond acceptors (Lipinski definition) is 9. The van der Waals surface area contributed by atoms with E-state index in [-0.39, 0.29) is 10.9 Å². The Morgan fingerprint density at radius 2 is 1.98 bits per heavy atom. The van der Waals surface area contributed by atoms with Gasteiger partial charge in [0.2, 0.25) is 5.91 Å². The minimum Gasteiger partial charge on any atom is -0.493 e. The third-order valence-electron chi connectivity index (χ3n) is 7.91. The van der Waals surface area contributed by atoms with Crippen molar-refractivity contribution in [1.29, 1.82) is 0 Å². The Labute approximate surface area is 250 Å². The molecule has 1 N–H and O–H groups in total. The Kier molecular flexibility index (Phi) is 11.7. The molecule has 1 fully saturated rings. The molecule has 1 unspecified atom stereocenters. The lowest BCUT2D eigenvalue weighted by atomic mass is 10.0. The smallest absolute Gasteiger partial charge is 0.339 e. The quantitative estimate of drug-likeness (QED) is 0.0990. The molecule has 230 valence electrons. The van der Waals surface area contributed by atoms with Crippen molar-refractivity contribution in [2.45, 2.75) is 110 Å². The zero-order valence-electron chi connectivity index (χ0n) is 26.1. The highest BCUT2D eigenvalue weighted by Gasteiger charge is 2.40. The monoisotopic (exact) mass is 607 g/mol. The minimum atomic E-state index is -1.72. The Hall–Kier alpha value is -2.11. The van der Waals surface area contributed by atoms with Gasteiger partial charge in [0.25, 0.3) is 0 Å². The number of ether oxygens (including phenoxy) is 1. The van der Waals surface area contributed by atoms with Gasteiger partial charge in [0.15, 0.2) is 8.32 Å². The van der Waals surface area contributed by atoms with Crippen LogP contribution >= 0.6 is 11.8 Å². The lowest BCUT2D eigenvalue weighted by Crippen LogP contribution is -2.45. The summed E-state index contributed by atoms with van der Waals surface area (Å²) in [6.07, 6.45) is 5.51. The van der Waals surface area contributed by atoms with Crippen molar-refractivity contribution in [2.75, 3.05) is 25.6 Å². The first-order chi connectivity index (χ1) is 19.2. The van der Waals surface area contributed by atoms with Crippen LogP contribution < -0.4 is 15.7 Å². The van der Waals surface area contributed by atoms with E-state index in [1.54, 1.807) is 6.07 Å². The zero-order chi connectivity index (χ0) is 30.3. The van der Waals surface area contributed by atoms with Gasteiger partial charge in [-0.05, 0) is 70.0 Å². The van der Waals surface area contributed by atoms with E-state index in [9.17, 15) is 9.59 Å². The number of amides is 1.